The van der Waals surface area contributed by atoms with Crippen LogP contribution >= 0.6 is 0 Å². The van der Waals surface area contributed by atoms with Crippen LogP contribution in [0.1, 0.15) is 45.1 Å². The Morgan fingerprint density at radius 3 is 2.28 bits per heavy atom. The van der Waals surface area contributed by atoms with E-state index in [-0.39, 0.29) is 12.5 Å². The van der Waals surface area contributed by atoms with E-state index in [0.717, 1.165) is 5.56 Å². The second-order valence-electron chi connectivity index (χ2n) is 7.96. The smallest absolute Gasteiger partial charge is 0.244 e. The third-order valence-corrected chi connectivity index (χ3v) is 4.62. The highest BCUT2D eigenvalue weighted by Gasteiger charge is 2.22. The summed E-state index contributed by atoms with van der Waals surface area (Å²) in [5.74, 6) is -1.90. The minimum absolute atomic E-state index is 0.161. The minimum Gasteiger partial charge on any atom is -0.368 e. The van der Waals surface area contributed by atoms with E-state index < -0.39 is 35.7 Å². The molecule has 4 amide bonds. The fourth-order valence-electron chi connectivity index (χ4n) is 2.97. The van der Waals surface area contributed by atoms with Crippen LogP contribution in [0.25, 0.3) is 6.08 Å². The van der Waals surface area contributed by atoms with E-state index in [1.807, 2.05) is 44.2 Å². The topological polar surface area (TPSA) is 156 Å². The third kappa shape index (κ3) is 11.3. The van der Waals surface area contributed by atoms with Crippen LogP contribution in [0.15, 0.2) is 36.4 Å². The van der Waals surface area contributed by atoms with Crippen LogP contribution in [0.2, 0.25) is 0 Å². The lowest BCUT2D eigenvalue weighted by Crippen LogP contribution is -2.51. The molecule has 32 heavy (non-hydrogen) atoms. The fraction of sp³-hybridized carbons (Fsp3) is 0.478. The quantitative estimate of drug-likeness (QED) is 0.207. The maximum atomic E-state index is 12.6. The van der Waals surface area contributed by atoms with Crippen LogP contribution in [-0.2, 0) is 19.2 Å². The fourth-order valence-corrected chi connectivity index (χ4v) is 2.97. The Morgan fingerprint density at radius 2 is 1.69 bits per heavy atom. The first kappa shape index (κ1) is 26.8. The summed E-state index contributed by atoms with van der Waals surface area (Å²) in [4.78, 5) is 48.6. The van der Waals surface area contributed by atoms with Gasteiger partial charge in [-0.05, 0) is 49.8 Å². The van der Waals surface area contributed by atoms with Gasteiger partial charge in [0, 0.05) is 6.08 Å². The van der Waals surface area contributed by atoms with Crippen molar-refractivity contribution in [1.82, 2.24) is 16.0 Å². The summed E-state index contributed by atoms with van der Waals surface area (Å²) in [6.45, 7) is 3.96. The van der Waals surface area contributed by atoms with Crippen molar-refractivity contribution in [3.05, 3.63) is 42.0 Å². The van der Waals surface area contributed by atoms with Crippen molar-refractivity contribution in [3.63, 3.8) is 0 Å². The molecule has 7 N–H and O–H groups in total. The second-order valence-corrected chi connectivity index (χ2v) is 7.96. The van der Waals surface area contributed by atoms with E-state index in [1.54, 1.807) is 6.08 Å². The number of benzene rings is 1. The molecule has 1 aromatic rings. The first-order valence-electron chi connectivity index (χ1n) is 10.8. The van der Waals surface area contributed by atoms with E-state index in [1.165, 1.54) is 6.08 Å². The molecule has 1 aromatic carbocycles. The summed E-state index contributed by atoms with van der Waals surface area (Å²) in [7, 11) is 0. The molecule has 0 spiro atoms. The first-order chi connectivity index (χ1) is 15.2. The highest BCUT2D eigenvalue weighted by molar-refractivity contribution is 5.96. The first-order valence-corrected chi connectivity index (χ1v) is 10.8. The maximum Gasteiger partial charge on any atom is 0.244 e. The molecule has 0 unspecified atom stereocenters. The zero-order chi connectivity index (χ0) is 23.9. The molecular weight excluding hydrogens is 410 g/mol. The van der Waals surface area contributed by atoms with Crippen molar-refractivity contribution >= 4 is 29.7 Å². The van der Waals surface area contributed by atoms with Crippen LogP contribution in [0.3, 0.4) is 0 Å². The van der Waals surface area contributed by atoms with Gasteiger partial charge in [0.25, 0.3) is 0 Å². The molecule has 0 saturated carbocycles. The average molecular weight is 446 g/mol. The lowest BCUT2D eigenvalue weighted by Gasteiger charge is -2.19. The number of hydrogen-bond donors (Lipinski definition) is 5. The number of carbonyl (C=O) groups excluding carboxylic acids is 4. The standard InChI is InChI=1S/C23H35N5O4/c1-16(2)14-19(22(25)31)28-21(30)15-26-23(32)18(10-6-7-13-24)27-20(29)12-11-17-8-4-3-5-9-17/h3-5,8-9,11-12,16,18-19H,6-7,10,13-15,24H2,1-2H3,(H2,25,31)(H,26,32)(H,27,29)(H,28,30)/b12-11+/t18-,19-/m0/s1. The summed E-state index contributed by atoms with van der Waals surface area (Å²) in [6, 6.07) is 7.68. The van der Waals surface area contributed by atoms with Gasteiger partial charge in [0.2, 0.25) is 23.6 Å². The number of hydrogen-bond acceptors (Lipinski definition) is 5. The molecular formula is C23H35N5O4. The van der Waals surface area contributed by atoms with E-state index >= 15 is 0 Å². The summed E-state index contributed by atoms with van der Waals surface area (Å²) in [6.07, 6.45) is 5.13. The van der Waals surface area contributed by atoms with Crippen LogP contribution in [0.5, 0.6) is 0 Å². The van der Waals surface area contributed by atoms with Crippen molar-refractivity contribution in [2.45, 2.75) is 51.6 Å². The summed E-state index contributed by atoms with van der Waals surface area (Å²) < 4.78 is 0. The Hall–Kier alpha value is -3.20. The molecule has 0 heterocycles. The number of unbranched alkanes of at least 4 members (excludes halogenated alkanes) is 1. The van der Waals surface area contributed by atoms with Gasteiger partial charge in [0.1, 0.15) is 12.1 Å². The van der Waals surface area contributed by atoms with Crippen molar-refractivity contribution < 1.29 is 19.2 Å². The van der Waals surface area contributed by atoms with Gasteiger partial charge < -0.3 is 27.4 Å². The predicted octanol–water partition coefficient (Wildman–Crippen LogP) is 0.446. The highest BCUT2D eigenvalue weighted by atomic mass is 16.2. The van der Waals surface area contributed by atoms with Crippen molar-refractivity contribution in [2.75, 3.05) is 13.1 Å². The Balaban J connectivity index is 2.65. The van der Waals surface area contributed by atoms with E-state index in [4.69, 9.17) is 11.5 Å². The monoisotopic (exact) mass is 445 g/mol. The van der Waals surface area contributed by atoms with Gasteiger partial charge in [-0.25, -0.2) is 0 Å². The van der Waals surface area contributed by atoms with Gasteiger partial charge >= 0.3 is 0 Å². The average Bonchev–Trinajstić information content (AvgIpc) is 2.75. The van der Waals surface area contributed by atoms with Gasteiger partial charge in [-0.2, -0.15) is 0 Å². The summed E-state index contributed by atoms with van der Waals surface area (Å²) >= 11 is 0. The van der Waals surface area contributed by atoms with Gasteiger partial charge in [-0.15, -0.1) is 0 Å². The number of primary amides is 1. The van der Waals surface area contributed by atoms with Crippen LogP contribution < -0.4 is 27.4 Å². The normalized spacial score (nSPS) is 12.9. The van der Waals surface area contributed by atoms with Gasteiger partial charge in [0.05, 0.1) is 6.54 Å². The Labute approximate surface area is 189 Å². The van der Waals surface area contributed by atoms with Gasteiger partial charge in [-0.3, -0.25) is 19.2 Å². The molecule has 0 radical (unpaired) electrons. The van der Waals surface area contributed by atoms with Gasteiger partial charge in [-0.1, -0.05) is 44.2 Å². The van der Waals surface area contributed by atoms with Crippen LogP contribution in [0.4, 0.5) is 0 Å². The predicted molar refractivity (Wildman–Crippen MR) is 124 cm³/mol. The van der Waals surface area contributed by atoms with Crippen molar-refractivity contribution in [1.29, 1.82) is 0 Å². The molecule has 0 aliphatic rings. The number of rotatable bonds is 14. The Bertz CT molecular complexity index is 780. The maximum absolute atomic E-state index is 12.6. The molecule has 176 valence electrons. The summed E-state index contributed by atoms with van der Waals surface area (Å²) in [5.41, 5.74) is 11.7. The van der Waals surface area contributed by atoms with E-state index in [2.05, 4.69) is 16.0 Å². The molecule has 2 atom stereocenters. The molecule has 0 fully saturated rings. The molecule has 0 saturated heterocycles. The minimum atomic E-state index is -0.815. The molecule has 0 bridgehead atoms. The summed E-state index contributed by atoms with van der Waals surface area (Å²) in [5, 5.41) is 7.71. The molecule has 9 heteroatoms. The molecule has 0 aliphatic carbocycles. The SMILES string of the molecule is CC(C)C[C@H](NC(=O)CNC(=O)[C@H](CCCCN)NC(=O)/C=C/c1ccccc1)C(N)=O. The molecule has 0 aliphatic heterocycles. The third-order valence-electron chi connectivity index (χ3n) is 4.62. The molecule has 9 nitrogen and oxygen atoms in total. The number of carbonyl (C=O) groups is 4. The number of nitrogens with two attached hydrogens (primary N) is 2. The zero-order valence-electron chi connectivity index (χ0n) is 18.8. The van der Waals surface area contributed by atoms with E-state index in [0.29, 0.717) is 32.2 Å². The number of amides is 4. The van der Waals surface area contributed by atoms with Gasteiger partial charge in [0.15, 0.2) is 0 Å². The molecule has 1 rings (SSSR count). The van der Waals surface area contributed by atoms with Crippen LogP contribution in [-0.4, -0.2) is 48.8 Å². The highest BCUT2D eigenvalue weighted by Crippen LogP contribution is 2.05. The molecule has 0 aromatic heterocycles. The van der Waals surface area contributed by atoms with E-state index in [9.17, 15) is 19.2 Å². The number of nitrogens with one attached hydrogen (secondary N) is 3. The lowest BCUT2D eigenvalue weighted by molar-refractivity contribution is -0.130. The Kier molecular flexibility index (Phi) is 12.4. The Morgan fingerprint density at radius 1 is 1.00 bits per heavy atom. The lowest BCUT2D eigenvalue weighted by atomic mass is 10.0. The second kappa shape index (κ2) is 14.7. The largest absolute Gasteiger partial charge is 0.368 e. The van der Waals surface area contributed by atoms with Crippen molar-refractivity contribution in [2.24, 2.45) is 17.4 Å². The van der Waals surface area contributed by atoms with Crippen LogP contribution in [0, 0.1) is 5.92 Å². The zero-order valence-corrected chi connectivity index (χ0v) is 18.8. The van der Waals surface area contributed by atoms with Crippen molar-refractivity contribution in [3.8, 4) is 0 Å².